The van der Waals surface area contributed by atoms with Gasteiger partial charge in [-0.05, 0) is 43.7 Å². The van der Waals surface area contributed by atoms with Crippen LogP contribution in [0, 0.1) is 12.7 Å². The quantitative estimate of drug-likeness (QED) is 0.610. The summed E-state index contributed by atoms with van der Waals surface area (Å²) in [5.74, 6) is -0.301. The van der Waals surface area contributed by atoms with E-state index in [0.29, 0.717) is 16.4 Å². The molecule has 0 fully saturated rings. The van der Waals surface area contributed by atoms with Crippen molar-refractivity contribution in [1.82, 2.24) is 4.90 Å². The fraction of sp³-hybridized carbons (Fsp3) is 0.235. The van der Waals surface area contributed by atoms with Crippen LogP contribution >= 0.6 is 11.6 Å². The molecule has 0 spiro atoms. The Bertz CT molecular complexity index is 686. The van der Waals surface area contributed by atoms with Crippen LogP contribution in [0.2, 0.25) is 5.02 Å². The average Bonchev–Trinajstić information content (AvgIpc) is 2.51. The smallest absolute Gasteiger partial charge is 0.146 e. The highest BCUT2D eigenvalue weighted by molar-refractivity contribution is 6.33. The van der Waals surface area contributed by atoms with Crippen LogP contribution in [-0.2, 0) is 0 Å². The summed E-state index contributed by atoms with van der Waals surface area (Å²) < 4.78 is 13.7. The maximum atomic E-state index is 13.7. The molecular weight excluding hydrogens is 301 g/mol. The van der Waals surface area contributed by atoms with Crippen LogP contribution in [0.5, 0.6) is 0 Å². The third-order valence-corrected chi connectivity index (χ3v) is 3.63. The predicted molar refractivity (Wildman–Crippen MR) is 92.3 cm³/mol. The van der Waals surface area contributed by atoms with Crippen molar-refractivity contribution in [3.63, 3.8) is 0 Å². The van der Waals surface area contributed by atoms with Gasteiger partial charge in [0.1, 0.15) is 5.82 Å². The van der Waals surface area contributed by atoms with Gasteiger partial charge in [-0.1, -0.05) is 23.7 Å². The summed E-state index contributed by atoms with van der Waals surface area (Å²) in [5.41, 5.74) is 2.82. The highest BCUT2D eigenvalue weighted by atomic mass is 35.5. The molecule has 0 saturated carbocycles. The molecule has 5 heteroatoms. The number of hydrogen-bond donors (Lipinski definition) is 1. The molecule has 0 aliphatic rings. The zero-order valence-electron chi connectivity index (χ0n) is 12.9. The van der Waals surface area contributed by atoms with E-state index in [1.165, 1.54) is 6.07 Å². The van der Waals surface area contributed by atoms with Gasteiger partial charge in [0.25, 0.3) is 0 Å². The molecule has 0 amide bonds. The Morgan fingerprint density at radius 1 is 1.27 bits per heavy atom. The number of aliphatic imine (C=N–C) groups is 1. The van der Waals surface area contributed by atoms with E-state index in [-0.39, 0.29) is 5.82 Å². The summed E-state index contributed by atoms with van der Waals surface area (Å²) in [6.07, 6.45) is 1.74. The van der Waals surface area contributed by atoms with Crippen LogP contribution in [0.4, 0.5) is 21.5 Å². The summed E-state index contributed by atoms with van der Waals surface area (Å²) in [7, 11) is 1.94. The molecule has 0 aromatic heterocycles. The van der Waals surface area contributed by atoms with Crippen molar-refractivity contribution in [2.24, 2.45) is 4.99 Å². The van der Waals surface area contributed by atoms with Crippen molar-refractivity contribution < 1.29 is 4.39 Å². The molecule has 0 bridgehead atoms. The molecule has 2 aromatic carbocycles. The lowest BCUT2D eigenvalue weighted by Gasteiger charge is -2.13. The van der Waals surface area contributed by atoms with Gasteiger partial charge in [-0.3, -0.25) is 0 Å². The van der Waals surface area contributed by atoms with Gasteiger partial charge >= 0.3 is 0 Å². The van der Waals surface area contributed by atoms with Gasteiger partial charge in [-0.25, -0.2) is 9.38 Å². The van der Waals surface area contributed by atoms with Gasteiger partial charge in [0.15, 0.2) is 0 Å². The minimum Gasteiger partial charge on any atom is -0.366 e. The van der Waals surface area contributed by atoms with Crippen molar-refractivity contribution in [3.05, 3.63) is 52.8 Å². The second kappa shape index (κ2) is 7.27. The Balaban J connectivity index is 2.27. The molecule has 22 heavy (non-hydrogen) atoms. The topological polar surface area (TPSA) is 27.6 Å². The molecule has 0 heterocycles. The summed E-state index contributed by atoms with van der Waals surface area (Å²) >= 11 is 6.27. The van der Waals surface area contributed by atoms with Crippen LogP contribution in [0.3, 0.4) is 0 Å². The largest absolute Gasteiger partial charge is 0.366 e. The van der Waals surface area contributed by atoms with Gasteiger partial charge in [-0.15, -0.1) is 0 Å². The molecule has 116 valence electrons. The molecule has 2 rings (SSSR count). The van der Waals surface area contributed by atoms with E-state index >= 15 is 0 Å². The van der Waals surface area contributed by atoms with E-state index in [9.17, 15) is 4.39 Å². The highest BCUT2D eigenvalue weighted by Crippen LogP contribution is 2.33. The number of nitrogens with one attached hydrogen (secondary N) is 1. The molecular formula is C17H19ClFN3. The Morgan fingerprint density at radius 3 is 2.68 bits per heavy atom. The molecule has 2 aromatic rings. The number of aryl methyl sites for hydroxylation is 1. The van der Waals surface area contributed by atoms with Crippen molar-refractivity contribution in [2.75, 3.05) is 18.9 Å². The molecule has 0 aliphatic carbocycles. The first-order valence-corrected chi connectivity index (χ1v) is 7.45. The lowest BCUT2D eigenvalue weighted by Crippen LogP contribution is -2.14. The van der Waals surface area contributed by atoms with Crippen LogP contribution in [0.1, 0.15) is 12.5 Å². The molecule has 0 saturated heterocycles. The number of benzene rings is 2. The van der Waals surface area contributed by atoms with E-state index in [1.807, 2.05) is 31.9 Å². The Kier molecular flexibility index (Phi) is 5.39. The second-order valence-electron chi connectivity index (χ2n) is 5.04. The first-order valence-electron chi connectivity index (χ1n) is 7.07. The maximum Gasteiger partial charge on any atom is 0.146 e. The molecule has 0 atom stereocenters. The SMILES string of the molecule is CCN(C)C=Nc1cc(C)c(Nc2ccccc2F)cc1Cl. The van der Waals surface area contributed by atoms with Crippen molar-refractivity contribution in [2.45, 2.75) is 13.8 Å². The van der Waals surface area contributed by atoms with Gasteiger partial charge < -0.3 is 10.2 Å². The van der Waals surface area contributed by atoms with Crippen LogP contribution in [0.15, 0.2) is 41.4 Å². The third kappa shape index (κ3) is 3.98. The predicted octanol–water partition coefficient (Wildman–Crippen LogP) is 5.14. The van der Waals surface area contributed by atoms with Crippen LogP contribution < -0.4 is 5.32 Å². The molecule has 1 N–H and O–H groups in total. The van der Waals surface area contributed by atoms with E-state index in [1.54, 1.807) is 30.6 Å². The summed E-state index contributed by atoms with van der Waals surface area (Å²) in [4.78, 5) is 6.33. The van der Waals surface area contributed by atoms with E-state index in [4.69, 9.17) is 11.6 Å². The summed E-state index contributed by atoms with van der Waals surface area (Å²) in [6.45, 7) is 4.84. The lowest BCUT2D eigenvalue weighted by atomic mass is 10.1. The lowest BCUT2D eigenvalue weighted by molar-refractivity contribution is 0.552. The highest BCUT2D eigenvalue weighted by Gasteiger charge is 2.07. The number of anilines is 2. The molecule has 0 aliphatic heterocycles. The molecule has 0 radical (unpaired) electrons. The van der Waals surface area contributed by atoms with Gasteiger partial charge in [0, 0.05) is 19.3 Å². The standard InChI is InChI=1S/C17H19ClFN3/c1-4-22(3)11-20-17-9-12(2)16(10-13(17)18)21-15-8-6-5-7-14(15)19/h5-11,21H,4H2,1-3H3. The van der Waals surface area contributed by atoms with Crippen molar-refractivity contribution >= 4 is 35.0 Å². The number of halogens is 2. The summed E-state index contributed by atoms with van der Waals surface area (Å²) in [6, 6.07) is 10.2. The van der Waals surface area contributed by atoms with Crippen molar-refractivity contribution in [1.29, 1.82) is 0 Å². The van der Waals surface area contributed by atoms with Crippen LogP contribution in [-0.4, -0.2) is 24.8 Å². The van der Waals surface area contributed by atoms with Gasteiger partial charge in [0.05, 0.1) is 22.7 Å². The normalized spacial score (nSPS) is 11.0. The van der Waals surface area contributed by atoms with Gasteiger partial charge in [0.2, 0.25) is 0 Å². The average molecular weight is 320 g/mol. The second-order valence-corrected chi connectivity index (χ2v) is 5.45. The third-order valence-electron chi connectivity index (χ3n) is 3.33. The number of para-hydroxylation sites is 1. The molecule has 3 nitrogen and oxygen atoms in total. The Morgan fingerprint density at radius 2 is 2.00 bits per heavy atom. The van der Waals surface area contributed by atoms with E-state index < -0.39 is 0 Å². The van der Waals surface area contributed by atoms with E-state index in [0.717, 1.165) is 17.8 Å². The number of hydrogen-bond acceptors (Lipinski definition) is 2. The fourth-order valence-corrected chi connectivity index (χ4v) is 2.06. The zero-order chi connectivity index (χ0) is 16.1. The molecule has 0 unspecified atom stereocenters. The fourth-order valence-electron chi connectivity index (χ4n) is 1.85. The minimum absolute atomic E-state index is 0.301. The Labute approximate surface area is 135 Å². The summed E-state index contributed by atoms with van der Waals surface area (Å²) in [5, 5.41) is 3.58. The Hall–Kier alpha value is -2.07. The zero-order valence-corrected chi connectivity index (χ0v) is 13.7. The first-order chi connectivity index (χ1) is 10.5. The first kappa shape index (κ1) is 16.3. The van der Waals surface area contributed by atoms with Crippen molar-refractivity contribution in [3.8, 4) is 0 Å². The van der Waals surface area contributed by atoms with Gasteiger partial charge in [-0.2, -0.15) is 0 Å². The number of rotatable bonds is 5. The minimum atomic E-state index is -0.301. The van der Waals surface area contributed by atoms with Crippen LogP contribution in [0.25, 0.3) is 0 Å². The number of nitrogens with zero attached hydrogens (tertiary/aromatic N) is 2. The maximum absolute atomic E-state index is 13.7. The van der Waals surface area contributed by atoms with E-state index in [2.05, 4.69) is 10.3 Å². The monoisotopic (exact) mass is 319 g/mol.